The van der Waals surface area contributed by atoms with Gasteiger partial charge in [0.1, 0.15) is 5.75 Å². The minimum absolute atomic E-state index is 0. The highest BCUT2D eigenvalue weighted by Gasteiger charge is 2.34. The van der Waals surface area contributed by atoms with Crippen molar-refractivity contribution in [2.24, 2.45) is 16.6 Å². The molecule has 0 spiro atoms. The van der Waals surface area contributed by atoms with Crippen LogP contribution in [0.25, 0.3) is 0 Å². The van der Waals surface area contributed by atoms with Crippen LogP contribution in [-0.4, -0.2) is 39.4 Å². The molecule has 0 unspecified atom stereocenters. The summed E-state index contributed by atoms with van der Waals surface area (Å²) in [5.41, 5.74) is 7.39. The van der Waals surface area contributed by atoms with Gasteiger partial charge in [0.05, 0.1) is 13.7 Å². The maximum absolute atomic E-state index is 6.09. The molecule has 1 aromatic carbocycles. The van der Waals surface area contributed by atoms with Crippen molar-refractivity contribution >= 4 is 29.9 Å². The molecule has 0 bridgehead atoms. The first-order valence-corrected chi connectivity index (χ1v) is 8.98. The molecule has 1 heterocycles. The molecule has 6 heteroatoms. The molecule has 25 heavy (non-hydrogen) atoms. The van der Waals surface area contributed by atoms with E-state index in [9.17, 15) is 0 Å². The van der Waals surface area contributed by atoms with Gasteiger partial charge in [0.25, 0.3) is 0 Å². The maximum Gasteiger partial charge on any atom is 0.188 e. The zero-order valence-electron chi connectivity index (χ0n) is 15.0. The van der Waals surface area contributed by atoms with Crippen LogP contribution in [0.4, 0.5) is 0 Å². The zero-order chi connectivity index (χ0) is 16.8. The molecule has 1 aromatic rings. The Morgan fingerprint density at radius 3 is 2.52 bits per heavy atom. The number of aliphatic imine (C=N–C) groups is 1. The summed E-state index contributed by atoms with van der Waals surface area (Å²) in [6.45, 7) is 3.20. The monoisotopic (exact) mass is 459 g/mol. The van der Waals surface area contributed by atoms with Crippen LogP contribution in [0.5, 0.6) is 5.75 Å². The van der Waals surface area contributed by atoms with Crippen LogP contribution in [0, 0.1) is 5.92 Å². The van der Waals surface area contributed by atoms with E-state index in [1.54, 1.807) is 7.11 Å². The summed E-state index contributed by atoms with van der Waals surface area (Å²) in [6, 6.07) is 8.35. The number of rotatable bonds is 6. The molecule has 3 N–H and O–H groups in total. The van der Waals surface area contributed by atoms with Crippen molar-refractivity contribution in [3.8, 4) is 5.75 Å². The Labute approximate surface area is 167 Å². The van der Waals surface area contributed by atoms with E-state index in [0.29, 0.717) is 12.5 Å². The van der Waals surface area contributed by atoms with Crippen molar-refractivity contribution in [2.75, 3.05) is 33.4 Å². The molecular weight excluding hydrogens is 429 g/mol. The van der Waals surface area contributed by atoms with Gasteiger partial charge in [0.2, 0.25) is 0 Å². The van der Waals surface area contributed by atoms with Gasteiger partial charge in [-0.3, -0.25) is 4.99 Å². The quantitative estimate of drug-likeness (QED) is 0.390. The van der Waals surface area contributed by atoms with Crippen molar-refractivity contribution in [1.82, 2.24) is 5.32 Å². The first-order chi connectivity index (χ1) is 11.7. The van der Waals surface area contributed by atoms with E-state index < -0.39 is 0 Å². The second-order valence-electron chi connectivity index (χ2n) is 7.00. The lowest BCUT2D eigenvalue weighted by atomic mass is 9.74. The highest BCUT2D eigenvalue weighted by Crippen LogP contribution is 2.36. The van der Waals surface area contributed by atoms with Gasteiger partial charge in [-0.05, 0) is 49.3 Å². The van der Waals surface area contributed by atoms with Crippen LogP contribution >= 0.6 is 24.0 Å². The largest absolute Gasteiger partial charge is 0.497 e. The molecule has 0 radical (unpaired) electrons. The van der Waals surface area contributed by atoms with Crippen LogP contribution in [-0.2, 0) is 10.2 Å². The fourth-order valence-electron chi connectivity index (χ4n) is 3.48. The van der Waals surface area contributed by atoms with E-state index in [1.807, 2.05) is 12.1 Å². The summed E-state index contributed by atoms with van der Waals surface area (Å²) in [5.74, 6) is 2.23. The number of ether oxygens (including phenoxy) is 2. The smallest absolute Gasteiger partial charge is 0.188 e. The van der Waals surface area contributed by atoms with Crippen LogP contribution in [0.3, 0.4) is 0 Å². The van der Waals surface area contributed by atoms with Crippen molar-refractivity contribution in [3.05, 3.63) is 29.8 Å². The number of guanidine groups is 1. The molecular formula is C19H30IN3O2. The van der Waals surface area contributed by atoms with Crippen LogP contribution < -0.4 is 15.8 Å². The van der Waals surface area contributed by atoms with Gasteiger partial charge >= 0.3 is 0 Å². The maximum atomic E-state index is 6.09. The standard InChI is InChI=1S/C19H29N3O2.HI/c1-23-17-7-5-16(6-8-17)19(9-11-24-12-10-19)14-22-18(20)21-13-15-3-2-4-15;/h5-8,15H,2-4,9-14H2,1H3,(H3,20,21,22);1H. The van der Waals surface area contributed by atoms with E-state index in [0.717, 1.165) is 44.3 Å². The van der Waals surface area contributed by atoms with Crippen molar-refractivity contribution in [3.63, 3.8) is 0 Å². The topological polar surface area (TPSA) is 68.9 Å². The number of benzene rings is 1. The fourth-order valence-corrected chi connectivity index (χ4v) is 3.48. The van der Waals surface area contributed by atoms with Crippen molar-refractivity contribution < 1.29 is 9.47 Å². The van der Waals surface area contributed by atoms with E-state index >= 15 is 0 Å². The van der Waals surface area contributed by atoms with E-state index in [4.69, 9.17) is 15.2 Å². The molecule has 1 saturated heterocycles. The highest BCUT2D eigenvalue weighted by molar-refractivity contribution is 14.0. The number of nitrogens with one attached hydrogen (secondary N) is 1. The molecule has 1 aliphatic heterocycles. The summed E-state index contributed by atoms with van der Waals surface area (Å²) in [4.78, 5) is 4.67. The number of methoxy groups -OCH3 is 1. The van der Waals surface area contributed by atoms with E-state index in [1.165, 1.54) is 24.8 Å². The lowest BCUT2D eigenvalue weighted by Gasteiger charge is -2.36. The minimum Gasteiger partial charge on any atom is -0.497 e. The Morgan fingerprint density at radius 2 is 1.96 bits per heavy atom. The van der Waals surface area contributed by atoms with Gasteiger partial charge in [-0.25, -0.2) is 0 Å². The lowest BCUT2D eigenvalue weighted by molar-refractivity contribution is 0.0531. The first kappa shape index (κ1) is 20.3. The Kier molecular flexibility index (Phi) is 7.81. The molecule has 140 valence electrons. The van der Waals surface area contributed by atoms with Crippen LogP contribution in [0.15, 0.2) is 29.3 Å². The van der Waals surface area contributed by atoms with Gasteiger partial charge in [-0.2, -0.15) is 0 Å². The Morgan fingerprint density at radius 1 is 1.28 bits per heavy atom. The highest BCUT2D eigenvalue weighted by atomic mass is 127. The third kappa shape index (κ3) is 5.23. The summed E-state index contributed by atoms with van der Waals surface area (Å²) in [7, 11) is 1.69. The third-order valence-electron chi connectivity index (χ3n) is 5.50. The Hall–Kier alpha value is -1.02. The second-order valence-corrected chi connectivity index (χ2v) is 7.00. The summed E-state index contributed by atoms with van der Waals surface area (Å²) < 4.78 is 10.9. The molecule has 1 saturated carbocycles. The molecule has 5 nitrogen and oxygen atoms in total. The molecule has 0 aromatic heterocycles. The SMILES string of the molecule is COc1ccc(C2(CN=C(N)NCC3CCC3)CCOCC2)cc1.I. The minimum atomic E-state index is 0. The van der Waals surface area contributed by atoms with E-state index in [-0.39, 0.29) is 29.4 Å². The summed E-state index contributed by atoms with van der Waals surface area (Å²) >= 11 is 0. The van der Waals surface area contributed by atoms with Crippen LogP contribution in [0.1, 0.15) is 37.7 Å². The Bertz CT molecular complexity index is 552. The number of halogens is 1. The zero-order valence-corrected chi connectivity index (χ0v) is 17.3. The lowest BCUT2D eigenvalue weighted by Crippen LogP contribution is -2.40. The fraction of sp³-hybridized carbons (Fsp3) is 0.632. The second kappa shape index (κ2) is 9.62. The number of nitrogens with zero attached hydrogens (tertiary/aromatic N) is 1. The molecule has 0 amide bonds. The normalized spacial score (nSPS) is 20.3. The summed E-state index contributed by atoms with van der Waals surface area (Å²) in [6.07, 6.45) is 5.92. The van der Waals surface area contributed by atoms with Gasteiger partial charge in [-0.15, -0.1) is 24.0 Å². The van der Waals surface area contributed by atoms with Crippen molar-refractivity contribution in [1.29, 1.82) is 0 Å². The molecule has 3 rings (SSSR count). The average Bonchev–Trinajstić information content (AvgIpc) is 2.59. The van der Waals surface area contributed by atoms with Crippen LogP contribution in [0.2, 0.25) is 0 Å². The van der Waals surface area contributed by atoms with Gasteiger partial charge in [-0.1, -0.05) is 18.6 Å². The predicted molar refractivity (Wildman–Crippen MR) is 112 cm³/mol. The summed E-state index contributed by atoms with van der Waals surface area (Å²) in [5, 5.41) is 3.29. The van der Waals surface area contributed by atoms with Gasteiger partial charge < -0.3 is 20.5 Å². The predicted octanol–water partition coefficient (Wildman–Crippen LogP) is 3.07. The molecule has 1 aliphatic carbocycles. The van der Waals surface area contributed by atoms with Crippen molar-refractivity contribution in [2.45, 2.75) is 37.5 Å². The number of nitrogens with two attached hydrogens (primary N) is 1. The molecule has 0 atom stereocenters. The number of hydrogen-bond acceptors (Lipinski definition) is 3. The molecule has 2 fully saturated rings. The van der Waals surface area contributed by atoms with Gasteiger partial charge in [0.15, 0.2) is 5.96 Å². The third-order valence-corrected chi connectivity index (χ3v) is 5.50. The molecule has 2 aliphatic rings. The number of hydrogen-bond donors (Lipinski definition) is 2. The van der Waals surface area contributed by atoms with E-state index in [2.05, 4.69) is 22.4 Å². The Balaban J connectivity index is 0.00000225. The average molecular weight is 459 g/mol. The van der Waals surface area contributed by atoms with Gasteiger partial charge in [0, 0.05) is 25.2 Å². The first-order valence-electron chi connectivity index (χ1n) is 8.98.